The molecule has 2 aromatic rings. The number of alkyl halides is 3. The molecule has 2 nitrogen and oxygen atoms in total. The zero-order chi connectivity index (χ0) is 13.3. The number of hydrogen-bond acceptors (Lipinski definition) is 1. The summed E-state index contributed by atoms with van der Waals surface area (Å²) in [6, 6.07) is 6.00. The van der Waals surface area contributed by atoms with Gasteiger partial charge in [-0.1, -0.05) is 23.7 Å². The standard InChI is InChI=1S/C12H7ClF3NO/c13-10-9(5-6-17-11(10)18)7-1-3-8(4-2-7)12(14,15)16/h1-6H,(H,17,18). The summed E-state index contributed by atoms with van der Waals surface area (Å²) >= 11 is 5.79. The average Bonchev–Trinajstić information content (AvgIpc) is 2.32. The van der Waals surface area contributed by atoms with Gasteiger partial charge in [-0.3, -0.25) is 4.79 Å². The van der Waals surface area contributed by atoms with Gasteiger partial charge in [0.1, 0.15) is 5.02 Å². The van der Waals surface area contributed by atoms with Gasteiger partial charge in [0.15, 0.2) is 0 Å². The second-order valence-corrected chi connectivity index (χ2v) is 3.99. The Labute approximate surface area is 105 Å². The lowest BCUT2D eigenvalue weighted by Crippen LogP contribution is -2.06. The number of pyridine rings is 1. The van der Waals surface area contributed by atoms with Gasteiger partial charge in [0.25, 0.3) is 5.56 Å². The second kappa shape index (κ2) is 4.49. The van der Waals surface area contributed by atoms with Crippen LogP contribution in [0.5, 0.6) is 0 Å². The molecule has 0 aliphatic carbocycles. The maximum absolute atomic E-state index is 12.4. The Balaban J connectivity index is 2.47. The summed E-state index contributed by atoms with van der Waals surface area (Å²) < 4.78 is 37.2. The van der Waals surface area contributed by atoms with E-state index in [-0.39, 0.29) is 5.02 Å². The minimum atomic E-state index is -4.38. The van der Waals surface area contributed by atoms with Gasteiger partial charge < -0.3 is 4.98 Å². The second-order valence-electron chi connectivity index (χ2n) is 3.61. The van der Waals surface area contributed by atoms with Crippen LogP contribution < -0.4 is 5.56 Å². The van der Waals surface area contributed by atoms with E-state index in [1.54, 1.807) is 0 Å². The fourth-order valence-electron chi connectivity index (χ4n) is 1.52. The molecule has 18 heavy (non-hydrogen) atoms. The molecule has 94 valence electrons. The molecular weight excluding hydrogens is 267 g/mol. The SMILES string of the molecule is O=c1[nH]ccc(-c2ccc(C(F)(F)F)cc2)c1Cl. The van der Waals surface area contributed by atoms with Gasteiger partial charge in [-0.15, -0.1) is 0 Å². The molecule has 1 aromatic heterocycles. The van der Waals surface area contributed by atoms with Crippen molar-refractivity contribution in [3.05, 3.63) is 57.5 Å². The van der Waals surface area contributed by atoms with Crippen molar-refractivity contribution in [1.82, 2.24) is 4.98 Å². The molecule has 1 N–H and O–H groups in total. The van der Waals surface area contributed by atoms with Crippen LogP contribution in [0.1, 0.15) is 5.56 Å². The van der Waals surface area contributed by atoms with Crippen molar-refractivity contribution in [2.24, 2.45) is 0 Å². The van der Waals surface area contributed by atoms with Gasteiger partial charge in [-0.05, 0) is 23.8 Å². The Morgan fingerprint density at radius 2 is 1.67 bits per heavy atom. The predicted octanol–water partition coefficient (Wildman–Crippen LogP) is 3.71. The molecule has 0 saturated heterocycles. The first-order chi connectivity index (χ1) is 8.39. The minimum absolute atomic E-state index is 0.0442. The van der Waals surface area contributed by atoms with Crippen molar-refractivity contribution in [2.45, 2.75) is 6.18 Å². The molecule has 1 aromatic carbocycles. The lowest BCUT2D eigenvalue weighted by molar-refractivity contribution is -0.137. The zero-order valence-corrected chi connectivity index (χ0v) is 9.64. The van der Waals surface area contributed by atoms with Crippen LogP contribution in [0.4, 0.5) is 13.2 Å². The van der Waals surface area contributed by atoms with Crippen molar-refractivity contribution >= 4 is 11.6 Å². The van der Waals surface area contributed by atoms with Gasteiger partial charge >= 0.3 is 6.18 Å². The molecule has 2 rings (SSSR count). The van der Waals surface area contributed by atoms with Crippen molar-refractivity contribution in [1.29, 1.82) is 0 Å². The molecular formula is C12H7ClF3NO. The first-order valence-electron chi connectivity index (χ1n) is 4.94. The Kier molecular flexibility index (Phi) is 3.17. The van der Waals surface area contributed by atoms with E-state index < -0.39 is 17.3 Å². The van der Waals surface area contributed by atoms with Crippen LogP contribution in [0.25, 0.3) is 11.1 Å². The number of aromatic amines is 1. The highest BCUT2D eigenvalue weighted by molar-refractivity contribution is 6.33. The molecule has 1 heterocycles. The molecule has 0 bridgehead atoms. The van der Waals surface area contributed by atoms with Gasteiger partial charge in [0.2, 0.25) is 0 Å². The Hall–Kier alpha value is -1.75. The molecule has 0 spiro atoms. The van der Waals surface area contributed by atoms with E-state index in [0.717, 1.165) is 12.1 Å². The van der Waals surface area contributed by atoms with E-state index in [1.807, 2.05) is 0 Å². The van der Waals surface area contributed by atoms with E-state index in [1.165, 1.54) is 24.4 Å². The third-order valence-electron chi connectivity index (χ3n) is 2.42. The fourth-order valence-corrected chi connectivity index (χ4v) is 1.75. The largest absolute Gasteiger partial charge is 0.416 e. The molecule has 0 aliphatic rings. The summed E-state index contributed by atoms with van der Waals surface area (Å²) in [6.45, 7) is 0. The summed E-state index contributed by atoms with van der Waals surface area (Å²) in [7, 11) is 0. The van der Waals surface area contributed by atoms with Crippen molar-refractivity contribution < 1.29 is 13.2 Å². The molecule has 0 radical (unpaired) electrons. The lowest BCUT2D eigenvalue weighted by atomic mass is 10.0. The van der Waals surface area contributed by atoms with Gasteiger partial charge in [-0.25, -0.2) is 0 Å². The Morgan fingerprint density at radius 1 is 1.06 bits per heavy atom. The maximum atomic E-state index is 12.4. The summed E-state index contributed by atoms with van der Waals surface area (Å²) in [5.41, 5.74) is -0.366. The Morgan fingerprint density at radius 3 is 2.22 bits per heavy atom. The number of aromatic nitrogens is 1. The van der Waals surface area contributed by atoms with E-state index in [4.69, 9.17) is 11.6 Å². The fraction of sp³-hybridized carbons (Fsp3) is 0.0833. The molecule has 0 fully saturated rings. The quantitative estimate of drug-likeness (QED) is 0.844. The topological polar surface area (TPSA) is 32.9 Å². The summed E-state index contributed by atoms with van der Waals surface area (Å²) in [5, 5.41) is -0.0442. The molecule has 6 heteroatoms. The maximum Gasteiger partial charge on any atom is 0.416 e. The lowest BCUT2D eigenvalue weighted by Gasteiger charge is -2.08. The highest BCUT2D eigenvalue weighted by Crippen LogP contribution is 2.31. The first kappa shape index (κ1) is 12.7. The highest BCUT2D eigenvalue weighted by Gasteiger charge is 2.30. The van der Waals surface area contributed by atoms with Gasteiger partial charge in [0.05, 0.1) is 5.56 Å². The Bertz CT molecular complexity index is 616. The summed E-state index contributed by atoms with van der Waals surface area (Å²) in [6.07, 6.45) is -2.99. The van der Waals surface area contributed by atoms with E-state index >= 15 is 0 Å². The number of rotatable bonds is 1. The van der Waals surface area contributed by atoms with Crippen molar-refractivity contribution in [2.75, 3.05) is 0 Å². The van der Waals surface area contributed by atoms with Crippen LogP contribution >= 0.6 is 11.6 Å². The van der Waals surface area contributed by atoms with Crippen LogP contribution in [0.2, 0.25) is 5.02 Å². The monoisotopic (exact) mass is 273 g/mol. The van der Waals surface area contributed by atoms with Crippen molar-refractivity contribution in [3.63, 3.8) is 0 Å². The number of H-pyrrole nitrogens is 1. The van der Waals surface area contributed by atoms with E-state index in [9.17, 15) is 18.0 Å². The number of benzene rings is 1. The minimum Gasteiger partial charge on any atom is -0.328 e. The third-order valence-corrected chi connectivity index (χ3v) is 2.80. The molecule has 0 aliphatic heterocycles. The zero-order valence-electron chi connectivity index (χ0n) is 8.88. The van der Waals surface area contributed by atoms with Crippen LogP contribution in [-0.4, -0.2) is 4.98 Å². The summed E-state index contributed by atoms with van der Waals surface area (Å²) in [4.78, 5) is 13.6. The molecule has 0 saturated carbocycles. The third kappa shape index (κ3) is 2.41. The molecule has 0 atom stereocenters. The molecule has 0 amide bonds. The number of hydrogen-bond donors (Lipinski definition) is 1. The first-order valence-corrected chi connectivity index (χ1v) is 5.32. The van der Waals surface area contributed by atoms with Crippen LogP contribution in [0, 0.1) is 0 Å². The van der Waals surface area contributed by atoms with E-state index in [0.29, 0.717) is 11.1 Å². The normalized spacial score (nSPS) is 11.6. The highest BCUT2D eigenvalue weighted by atomic mass is 35.5. The number of halogens is 4. The summed E-state index contributed by atoms with van der Waals surface area (Å²) in [5.74, 6) is 0. The van der Waals surface area contributed by atoms with Crippen LogP contribution in [-0.2, 0) is 6.18 Å². The number of nitrogens with one attached hydrogen (secondary N) is 1. The van der Waals surface area contributed by atoms with Crippen molar-refractivity contribution in [3.8, 4) is 11.1 Å². The van der Waals surface area contributed by atoms with Crippen LogP contribution in [0.15, 0.2) is 41.3 Å². The van der Waals surface area contributed by atoms with Crippen LogP contribution in [0.3, 0.4) is 0 Å². The predicted molar refractivity (Wildman–Crippen MR) is 62.5 cm³/mol. The average molecular weight is 274 g/mol. The van der Waals surface area contributed by atoms with Gasteiger partial charge in [0, 0.05) is 11.8 Å². The van der Waals surface area contributed by atoms with E-state index in [2.05, 4.69) is 4.98 Å². The van der Waals surface area contributed by atoms with Gasteiger partial charge in [-0.2, -0.15) is 13.2 Å². The molecule has 0 unspecified atom stereocenters. The smallest absolute Gasteiger partial charge is 0.328 e.